The third-order valence-electron chi connectivity index (χ3n) is 6.20. The van der Waals surface area contributed by atoms with Crippen molar-refractivity contribution in [3.8, 4) is 5.75 Å². The number of nitrogens with zero attached hydrogens (tertiary/aromatic N) is 4. The lowest BCUT2D eigenvalue weighted by molar-refractivity contribution is 0.208. The summed E-state index contributed by atoms with van der Waals surface area (Å²) in [4.78, 5) is 2.56. The summed E-state index contributed by atoms with van der Waals surface area (Å²) in [6.45, 7) is 4.89. The van der Waals surface area contributed by atoms with E-state index in [1.54, 1.807) is 0 Å². The van der Waals surface area contributed by atoms with Crippen LogP contribution in [0.15, 0.2) is 24.3 Å². The Morgan fingerprint density at radius 2 is 2.00 bits per heavy atom. The van der Waals surface area contributed by atoms with Crippen LogP contribution in [0, 0.1) is 0 Å². The van der Waals surface area contributed by atoms with Crippen LogP contribution < -0.4 is 10.1 Å². The molecule has 1 aromatic carbocycles. The maximum absolute atomic E-state index is 6.20. The summed E-state index contributed by atoms with van der Waals surface area (Å²) in [5.41, 5.74) is 1.33. The highest BCUT2D eigenvalue weighted by Crippen LogP contribution is 2.33. The Morgan fingerprint density at radius 1 is 1.07 bits per heavy atom. The predicted molar refractivity (Wildman–Crippen MR) is 103 cm³/mol. The Bertz CT molecular complexity index is 783. The molecule has 1 saturated carbocycles. The molecule has 1 saturated heterocycles. The van der Waals surface area contributed by atoms with Crippen molar-refractivity contribution in [1.29, 1.82) is 0 Å². The smallest absolute Gasteiger partial charge is 0.150 e. The quantitative estimate of drug-likeness (QED) is 0.880. The van der Waals surface area contributed by atoms with Gasteiger partial charge >= 0.3 is 0 Å². The van der Waals surface area contributed by atoms with Gasteiger partial charge in [0.1, 0.15) is 11.6 Å². The van der Waals surface area contributed by atoms with Crippen molar-refractivity contribution in [2.45, 2.75) is 70.3 Å². The molecule has 144 valence electrons. The van der Waals surface area contributed by atoms with Crippen LogP contribution in [-0.2, 0) is 19.6 Å². The topological polar surface area (TPSA) is 55.2 Å². The van der Waals surface area contributed by atoms with Gasteiger partial charge in [-0.25, -0.2) is 0 Å². The monoisotopic (exact) mass is 367 g/mol. The Kier molecular flexibility index (Phi) is 4.84. The van der Waals surface area contributed by atoms with E-state index in [9.17, 15) is 0 Å². The van der Waals surface area contributed by atoms with Gasteiger partial charge in [0.2, 0.25) is 0 Å². The van der Waals surface area contributed by atoms with Gasteiger partial charge in [0.15, 0.2) is 5.82 Å². The molecule has 0 unspecified atom stereocenters. The zero-order valence-corrected chi connectivity index (χ0v) is 15.9. The van der Waals surface area contributed by atoms with Crippen molar-refractivity contribution in [3.05, 3.63) is 41.5 Å². The molecule has 1 N–H and O–H groups in total. The van der Waals surface area contributed by atoms with Crippen LogP contribution in [0.4, 0.5) is 0 Å². The fourth-order valence-electron chi connectivity index (χ4n) is 4.82. The molecule has 0 amide bonds. The summed E-state index contributed by atoms with van der Waals surface area (Å²) in [5, 5.41) is 12.4. The van der Waals surface area contributed by atoms with Crippen LogP contribution in [0.2, 0.25) is 0 Å². The van der Waals surface area contributed by atoms with E-state index < -0.39 is 0 Å². The number of aromatic nitrogens is 3. The third-order valence-corrected chi connectivity index (χ3v) is 6.20. The SMILES string of the molecule is c1cc(CN2CCC[C@H]2c2nnc3n2CCNC3)cc(OC2CCCC2)c1. The molecule has 2 fully saturated rings. The molecule has 6 heteroatoms. The average Bonchev–Trinajstić information content (AvgIpc) is 3.43. The highest BCUT2D eigenvalue weighted by Gasteiger charge is 2.31. The molecule has 3 aliphatic rings. The second-order valence-electron chi connectivity index (χ2n) is 8.10. The van der Waals surface area contributed by atoms with Crippen molar-refractivity contribution < 1.29 is 4.74 Å². The third kappa shape index (κ3) is 3.60. The minimum absolute atomic E-state index is 0.378. The number of likely N-dealkylation sites (tertiary alicyclic amines) is 1. The Balaban J connectivity index is 1.30. The number of nitrogens with one attached hydrogen (secondary N) is 1. The zero-order valence-electron chi connectivity index (χ0n) is 15.9. The van der Waals surface area contributed by atoms with Crippen LogP contribution in [0.5, 0.6) is 5.75 Å². The van der Waals surface area contributed by atoms with E-state index in [4.69, 9.17) is 4.74 Å². The van der Waals surface area contributed by atoms with Gasteiger partial charge < -0.3 is 14.6 Å². The molecule has 5 rings (SSSR count). The van der Waals surface area contributed by atoms with E-state index in [0.29, 0.717) is 12.1 Å². The van der Waals surface area contributed by atoms with Gasteiger partial charge in [-0.15, -0.1) is 10.2 Å². The zero-order chi connectivity index (χ0) is 18.1. The summed E-state index contributed by atoms with van der Waals surface area (Å²) in [7, 11) is 0. The maximum atomic E-state index is 6.20. The first-order valence-electron chi connectivity index (χ1n) is 10.5. The first kappa shape index (κ1) is 17.2. The van der Waals surface area contributed by atoms with Gasteiger partial charge in [0, 0.05) is 19.6 Å². The van der Waals surface area contributed by atoms with E-state index in [0.717, 1.165) is 50.1 Å². The molecule has 0 spiro atoms. The van der Waals surface area contributed by atoms with Gasteiger partial charge in [-0.2, -0.15) is 0 Å². The van der Waals surface area contributed by atoms with E-state index in [1.165, 1.54) is 44.1 Å². The first-order chi connectivity index (χ1) is 13.4. The van der Waals surface area contributed by atoms with Crippen LogP contribution in [0.3, 0.4) is 0 Å². The molecule has 27 heavy (non-hydrogen) atoms. The number of benzene rings is 1. The predicted octanol–water partition coefficient (Wildman–Crippen LogP) is 3.04. The highest BCUT2D eigenvalue weighted by molar-refractivity contribution is 5.29. The average molecular weight is 367 g/mol. The molecule has 6 nitrogen and oxygen atoms in total. The Morgan fingerprint density at radius 3 is 2.93 bits per heavy atom. The molecular formula is C21H29N5O. The second-order valence-corrected chi connectivity index (χ2v) is 8.10. The van der Waals surface area contributed by atoms with Crippen molar-refractivity contribution in [1.82, 2.24) is 25.0 Å². The van der Waals surface area contributed by atoms with Crippen molar-refractivity contribution >= 4 is 0 Å². The normalized spacial score (nSPS) is 23.6. The standard InChI is InChI=1S/C21H29N5O/c1-2-7-17(6-1)27-18-8-3-5-16(13-18)15-25-11-4-9-19(25)21-24-23-20-14-22-10-12-26(20)21/h3,5,8,13,17,19,22H,1-2,4,6-7,9-12,14-15H2/t19-/m0/s1. The minimum atomic E-state index is 0.378. The summed E-state index contributed by atoms with van der Waals surface area (Å²) < 4.78 is 8.53. The van der Waals surface area contributed by atoms with Gasteiger partial charge in [0.05, 0.1) is 18.7 Å². The van der Waals surface area contributed by atoms with Crippen molar-refractivity contribution in [3.63, 3.8) is 0 Å². The molecule has 2 aromatic rings. The molecule has 1 aromatic heterocycles. The van der Waals surface area contributed by atoms with Gasteiger partial charge in [0.25, 0.3) is 0 Å². The molecule has 0 bridgehead atoms. The largest absolute Gasteiger partial charge is 0.490 e. The lowest BCUT2D eigenvalue weighted by atomic mass is 10.1. The first-order valence-corrected chi connectivity index (χ1v) is 10.5. The van der Waals surface area contributed by atoms with Gasteiger partial charge in [-0.05, 0) is 62.8 Å². The molecular weight excluding hydrogens is 338 g/mol. The lowest BCUT2D eigenvalue weighted by Gasteiger charge is -2.26. The van der Waals surface area contributed by atoms with Crippen molar-refractivity contribution in [2.75, 3.05) is 13.1 Å². The van der Waals surface area contributed by atoms with Crippen LogP contribution in [0.25, 0.3) is 0 Å². The molecule has 3 heterocycles. The maximum Gasteiger partial charge on any atom is 0.150 e. The van der Waals surface area contributed by atoms with Crippen LogP contribution in [0.1, 0.15) is 61.8 Å². The number of rotatable bonds is 5. The fraction of sp³-hybridized carbons (Fsp3) is 0.619. The molecule has 0 radical (unpaired) electrons. The molecule has 1 atom stereocenters. The summed E-state index contributed by atoms with van der Waals surface area (Å²) in [6.07, 6.45) is 7.82. The lowest BCUT2D eigenvalue weighted by Crippen LogP contribution is -2.31. The molecule has 2 aliphatic heterocycles. The Labute approximate surface area is 160 Å². The fourth-order valence-corrected chi connectivity index (χ4v) is 4.82. The number of ether oxygens (including phenoxy) is 1. The number of hydrogen-bond donors (Lipinski definition) is 1. The van der Waals surface area contributed by atoms with Crippen LogP contribution >= 0.6 is 0 Å². The van der Waals surface area contributed by atoms with Gasteiger partial charge in [-0.3, -0.25) is 4.90 Å². The summed E-state index contributed by atoms with van der Waals surface area (Å²) in [5.74, 6) is 3.26. The van der Waals surface area contributed by atoms with Gasteiger partial charge in [-0.1, -0.05) is 12.1 Å². The second kappa shape index (κ2) is 7.60. The number of fused-ring (bicyclic) bond motifs is 1. The van der Waals surface area contributed by atoms with Crippen molar-refractivity contribution in [2.24, 2.45) is 0 Å². The summed E-state index contributed by atoms with van der Waals surface area (Å²) in [6, 6.07) is 9.07. The van der Waals surface area contributed by atoms with E-state index in [-0.39, 0.29) is 0 Å². The van der Waals surface area contributed by atoms with E-state index in [2.05, 4.69) is 49.2 Å². The highest BCUT2D eigenvalue weighted by atomic mass is 16.5. The number of hydrogen-bond acceptors (Lipinski definition) is 5. The van der Waals surface area contributed by atoms with E-state index >= 15 is 0 Å². The van der Waals surface area contributed by atoms with Crippen LogP contribution in [-0.4, -0.2) is 38.9 Å². The Hall–Kier alpha value is -1.92. The molecule has 1 aliphatic carbocycles. The minimum Gasteiger partial charge on any atom is -0.490 e. The summed E-state index contributed by atoms with van der Waals surface area (Å²) >= 11 is 0. The van der Waals surface area contributed by atoms with E-state index in [1.807, 2.05) is 0 Å².